The molecule has 1 saturated carbocycles. The number of hydrogen-bond acceptors (Lipinski definition) is 3. The van der Waals surface area contributed by atoms with E-state index in [0.717, 1.165) is 24.1 Å². The molecule has 1 aliphatic rings. The van der Waals surface area contributed by atoms with E-state index in [1.54, 1.807) is 0 Å². The number of aliphatic hydroxyl groups excluding tert-OH is 1. The summed E-state index contributed by atoms with van der Waals surface area (Å²) in [7, 11) is 0. The third kappa shape index (κ3) is 2.91. The number of rotatable bonds is 5. The van der Waals surface area contributed by atoms with Crippen LogP contribution in [0, 0.1) is 11.8 Å². The van der Waals surface area contributed by atoms with Crippen LogP contribution in [0.2, 0.25) is 0 Å². The maximum absolute atomic E-state index is 11.7. The molecule has 1 aromatic carbocycles. The van der Waals surface area contributed by atoms with Crippen LogP contribution in [0.3, 0.4) is 0 Å². The first kappa shape index (κ1) is 13.1. The van der Waals surface area contributed by atoms with Gasteiger partial charge in [-0.15, -0.1) is 0 Å². The number of ketones is 1. The summed E-state index contributed by atoms with van der Waals surface area (Å²) >= 11 is 0. The topological polar surface area (TPSA) is 49.3 Å². The second-order valence-corrected chi connectivity index (χ2v) is 5.10. The first-order chi connectivity index (χ1) is 8.72. The highest BCUT2D eigenvalue weighted by atomic mass is 16.3. The number of aliphatic hydroxyl groups is 1. The Bertz CT molecular complexity index is 417. The summed E-state index contributed by atoms with van der Waals surface area (Å²) in [4.78, 5) is 11.7. The van der Waals surface area contributed by atoms with Crippen LogP contribution >= 0.6 is 0 Å². The van der Waals surface area contributed by atoms with Crippen molar-refractivity contribution in [3.05, 3.63) is 29.8 Å². The van der Waals surface area contributed by atoms with Crippen molar-refractivity contribution in [1.82, 2.24) is 0 Å². The Balaban J connectivity index is 1.99. The number of para-hydroxylation sites is 1. The highest BCUT2D eigenvalue weighted by Gasteiger charge is 2.31. The minimum atomic E-state index is 0.146. The van der Waals surface area contributed by atoms with E-state index >= 15 is 0 Å². The largest absolute Gasteiger partial charge is 0.396 e. The van der Waals surface area contributed by atoms with E-state index in [1.165, 1.54) is 0 Å². The van der Waals surface area contributed by atoms with Crippen LogP contribution in [0.15, 0.2) is 24.3 Å². The average Bonchev–Trinajstić information content (AvgIpc) is 2.69. The Morgan fingerprint density at radius 1 is 1.39 bits per heavy atom. The molecule has 0 aliphatic heterocycles. The van der Waals surface area contributed by atoms with Gasteiger partial charge in [-0.2, -0.15) is 0 Å². The molecule has 2 N–H and O–H groups in total. The minimum Gasteiger partial charge on any atom is -0.396 e. The van der Waals surface area contributed by atoms with Crippen LogP contribution in [0.25, 0.3) is 0 Å². The predicted molar refractivity (Wildman–Crippen MR) is 72.6 cm³/mol. The zero-order valence-corrected chi connectivity index (χ0v) is 10.9. The van der Waals surface area contributed by atoms with Crippen LogP contribution in [0.1, 0.15) is 25.3 Å². The molecule has 18 heavy (non-hydrogen) atoms. The Morgan fingerprint density at radius 2 is 2.17 bits per heavy atom. The van der Waals surface area contributed by atoms with E-state index < -0.39 is 0 Å². The van der Waals surface area contributed by atoms with Crippen molar-refractivity contribution in [3.63, 3.8) is 0 Å². The van der Waals surface area contributed by atoms with Crippen molar-refractivity contribution >= 4 is 11.5 Å². The maximum atomic E-state index is 11.7. The number of benzene rings is 1. The summed E-state index contributed by atoms with van der Waals surface area (Å²) in [5, 5.41) is 12.4. The van der Waals surface area contributed by atoms with E-state index in [0.29, 0.717) is 24.7 Å². The van der Waals surface area contributed by atoms with Gasteiger partial charge in [-0.05, 0) is 30.4 Å². The van der Waals surface area contributed by atoms with Gasteiger partial charge in [0.25, 0.3) is 0 Å². The molecule has 0 bridgehead atoms. The van der Waals surface area contributed by atoms with Crippen molar-refractivity contribution in [1.29, 1.82) is 0 Å². The Labute approximate surface area is 108 Å². The van der Waals surface area contributed by atoms with Crippen LogP contribution in [0.5, 0.6) is 0 Å². The molecule has 0 spiro atoms. The highest BCUT2D eigenvalue weighted by Crippen LogP contribution is 2.28. The number of carbonyl (C=O) groups excluding carboxylic acids is 1. The molecule has 0 amide bonds. The summed E-state index contributed by atoms with van der Waals surface area (Å²) in [6.07, 6.45) is 2.40. The summed E-state index contributed by atoms with van der Waals surface area (Å²) in [6, 6.07) is 7.97. The molecule has 2 atom stereocenters. The van der Waals surface area contributed by atoms with Gasteiger partial charge >= 0.3 is 0 Å². The maximum Gasteiger partial charge on any atom is 0.138 e. The van der Waals surface area contributed by atoms with E-state index in [9.17, 15) is 4.79 Å². The molecule has 3 nitrogen and oxygen atoms in total. The van der Waals surface area contributed by atoms with Gasteiger partial charge in [0.15, 0.2) is 0 Å². The van der Waals surface area contributed by atoms with Crippen molar-refractivity contribution in [2.24, 2.45) is 11.8 Å². The number of anilines is 1. The van der Waals surface area contributed by atoms with Gasteiger partial charge in [0.1, 0.15) is 5.78 Å². The third-order valence-electron chi connectivity index (χ3n) is 3.86. The smallest absolute Gasteiger partial charge is 0.138 e. The Hall–Kier alpha value is -1.35. The molecular formula is C15H21NO2. The summed E-state index contributed by atoms with van der Waals surface area (Å²) < 4.78 is 0. The fraction of sp³-hybridized carbons (Fsp3) is 0.533. The zero-order valence-electron chi connectivity index (χ0n) is 10.9. The first-order valence-electron chi connectivity index (χ1n) is 6.67. The number of carbonyl (C=O) groups is 1. The molecule has 1 aliphatic carbocycles. The quantitative estimate of drug-likeness (QED) is 0.839. The molecular weight excluding hydrogens is 226 g/mol. The number of nitrogens with one attached hydrogen (secondary N) is 1. The highest BCUT2D eigenvalue weighted by molar-refractivity contribution is 5.83. The predicted octanol–water partition coefficient (Wildman–Crippen LogP) is 2.25. The summed E-state index contributed by atoms with van der Waals surface area (Å²) in [5.74, 6) is 1.01. The zero-order chi connectivity index (χ0) is 13.0. The molecule has 1 fully saturated rings. The van der Waals surface area contributed by atoms with Crippen molar-refractivity contribution in [2.75, 3.05) is 18.5 Å². The number of hydrogen-bond donors (Lipinski definition) is 2. The van der Waals surface area contributed by atoms with Crippen molar-refractivity contribution in [3.8, 4) is 0 Å². The van der Waals surface area contributed by atoms with Gasteiger partial charge < -0.3 is 10.4 Å². The second kappa shape index (κ2) is 6.01. The normalized spacial score (nSPS) is 23.3. The average molecular weight is 247 g/mol. The standard InChI is InChI=1S/C15H21NO2/c1-11-6-7-15(18)13(11)10-16-14-5-3-2-4-12(14)8-9-17/h2-5,11,13,16-17H,6-10H2,1H3/t11-,13+/m0/s1. The van der Waals surface area contributed by atoms with Gasteiger partial charge in [0.05, 0.1) is 0 Å². The van der Waals surface area contributed by atoms with Crippen LogP contribution in [-0.2, 0) is 11.2 Å². The molecule has 2 rings (SSSR count). The molecule has 98 valence electrons. The summed E-state index contributed by atoms with van der Waals surface area (Å²) in [5.41, 5.74) is 2.15. The van der Waals surface area contributed by atoms with Crippen molar-refractivity contribution in [2.45, 2.75) is 26.2 Å². The lowest BCUT2D eigenvalue weighted by Gasteiger charge is -2.17. The minimum absolute atomic E-state index is 0.146. The summed E-state index contributed by atoms with van der Waals surface area (Å²) in [6.45, 7) is 3.01. The fourth-order valence-corrected chi connectivity index (χ4v) is 2.64. The molecule has 0 heterocycles. The fourth-order valence-electron chi connectivity index (χ4n) is 2.64. The van der Waals surface area contributed by atoms with Crippen LogP contribution in [0.4, 0.5) is 5.69 Å². The SMILES string of the molecule is C[C@H]1CCC(=O)[C@@H]1CNc1ccccc1CCO. The number of Topliss-reactive ketones (excluding diaryl/α,β-unsaturated/α-hetero) is 1. The van der Waals surface area contributed by atoms with Gasteiger partial charge in [0.2, 0.25) is 0 Å². The van der Waals surface area contributed by atoms with Crippen molar-refractivity contribution < 1.29 is 9.90 Å². The van der Waals surface area contributed by atoms with E-state index in [2.05, 4.69) is 12.2 Å². The van der Waals surface area contributed by atoms with Gasteiger partial charge in [-0.3, -0.25) is 4.79 Å². The molecule has 0 unspecified atom stereocenters. The first-order valence-corrected chi connectivity index (χ1v) is 6.67. The van der Waals surface area contributed by atoms with E-state index in [1.807, 2.05) is 24.3 Å². The Morgan fingerprint density at radius 3 is 2.83 bits per heavy atom. The molecule has 3 heteroatoms. The lowest BCUT2D eigenvalue weighted by Crippen LogP contribution is -2.23. The van der Waals surface area contributed by atoms with E-state index in [-0.39, 0.29) is 12.5 Å². The Kier molecular flexibility index (Phi) is 4.37. The van der Waals surface area contributed by atoms with E-state index in [4.69, 9.17) is 5.11 Å². The van der Waals surface area contributed by atoms with Gasteiger partial charge in [-0.1, -0.05) is 25.1 Å². The molecule has 0 aromatic heterocycles. The second-order valence-electron chi connectivity index (χ2n) is 5.10. The van der Waals surface area contributed by atoms with Gasteiger partial charge in [-0.25, -0.2) is 0 Å². The lowest BCUT2D eigenvalue weighted by atomic mass is 9.97. The molecule has 0 radical (unpaired) electrons. The monoisotopic (exact) mass is 247 g/mol. The van der Waals surface area contributed by atoms with Gasteiger partial charge in [0, 0.05) is 31.2 Å². The third-order valence-corrected chi connectivity index (χ3v) is 3.86. The van der Waals surface area contributed by atoms with Crippen LogP contribution in [-0.4, -0.2) is 24.0 Å². The lowest BCUT2D eigenvalue weighted by molar-refractivity contribution is -0.120. The van der Waals surface area contributed by atoms with Crippen LogP contribution < -0.4 is 5.32 Å². The molecule has 0 saturated heterocycles. The molecule has 1 aromatic rings.